The van der Waals surface area contributed by atoms with E-state index >= 15 is 0 Å². The first-order valence-electron chi connectivity index (χ1n) is 7.64. The quantitative estimate of drug-likeness (QED) is 0.730. The molecule has 1 aliphatic rings. The molecule has 1 fully saturated rings. The summed E-state index contributed by atoms with van der Waals surface area (Å²) in [6, 6.07) is 13.6. The van der Waals surface area contributed by atoms with Gasteiger partial charge in [-0.15, -0.1) is 0 Å². The predicted octanol–water partition coefficient (Wildman–Crippen LogP) is 2.97. The molecular formula is C18H16N2O3. The number of morpholine rings is 1. The first kappa shape index (κ1) is 14.0. The Kier molecular flexibility index (Phi) is 3.55. The fourth-order valence-electron chi connectivity index (χ4n) is 2.88. The Morgan fingerprint density at radius 1 is 1.04 bits per heavy atom. The van der Waals surface area contributed by atoms with Gasteiger partial charge in [-0.1, -0.05) is 30.3 Å². The number of carbonyl (C=O) groups excluding carboxylic acids is 1. The molecule has 0 unspecified atom stereocenters. The number of nitrogens with zero attached hydrogens (tertiary/aromatic N) is 2. The number of carbonyl (C=O) groups is 1. The van der Waals surface area contributed by atoms with Crippen LogP contribution in [0.5, 0.6) is 0 Å². The fraction of sp³-hybridized carbons (Fsp3) is 0.222. The van der Waals surface area contributed by atoms with Crippen LogP contribution >= 0.6 is 0 Å². The van der Waals surface area contributed by atoms with Crippen LogP contribution in [0.1, 0.15) is 10.6 Å². The zero-order chi connectivity index (χ0) is 15.6. The molecule has 1 saturated heterocycles. The maximum atomic E-state index is 12.9. The molecule has 0 spiro atoms. The number of benzene rings is 1. The Labute approximate surface area is 133 Å². The summed E-state index contributed by atoms with van der Waals surface area (Å²) in [5, 5.41) is 0.857. The number of pyridine rings is 1. The Balaban J connectivity index is 1.87. The van der Waals surface area contributed by atoms with Crippen molar-refractivity contribution in [2.45, 2.75) is 0 Å². The third-order valence-electron chi connectivity index (χ3n) is 4.02. The van der Waals surface area contributed by atoms with Crippen LogP contribution in [-0.4, -0.2) is 42.1 Å². The van der Waals surface area contributed by atoms with Crippen LogP contribution in [0, 0.1) is 0 Å². The van der Waals surface area contributed by atoms with Gasteiger partial charge >= 0.3 is 0 Å². The molecule has 0 radical (unpaired) electrons. The Morgan fingerprint density at radius 3 is 2.61 bits per heavy atom. The van der Waals surface area contributed by atoms with Gasteiger partial charge in [-0.05, 0) is 17.7 Å². The minimum absolute atomic E-state index is 0.106. The second-order valence-corrected chi connectivity index (χ2v) is 5.43. The number of aromatic nitrogens is 1. The molecule has 0 N–H and O–H groups in total. The van der Waals surface area contributed by atoms with E-state index in [2.05, 4.69) is 4.98 Å². The van der Waals surface area contributed by atoms with Gasteiger partial charge in [0.05, 0.1) is 13.2 Å². The van der Waals surface area contributed by atoms with Gasteiger partial charge in [0, 0.05) is 30.2 Å². The first-order valence-corrected chi connectivity index (χ1v) is 7.64. The third-order valence-corrected chi connectivity index (χ3v) is 4.02. The smallest absolute Gasteiger partial charge is 0.290 e. The minimum Gasteiger partial charge on any atom is -0.432 e. The highest BCUT2D eigenvalue weighted by atomic mass is 16.5. The SMILES string of the molecule is O=C(c1oc2ncccc2c1-c1ccccc1)N1CCOCC1. The number of furan rings is 1. The van der Waals surface area contributed by atoms with E-state index in [1.54, 1.807) is 11.1 Å². The topological polar surface area (TPSA) is 55.6 Å². The zero-order valence-electron chi connectivity index (χ0n) is 12.6. The lowest BCUT2D eigenvalue weighted by Gasteiger charge is -2.26. The van der Waals surface area contributed by atoms with Gasteiger partial charge in [0.1, 0.15) is 0 Å². The molecule has 116 valence electrons. The summed E-state index contributed by atoms with van der Waals surface area (Å²) in [6.45, 7) is 2.28. The van der Waals surface area contributed by atoms with Crippen molar-refractivity contribution in [1.82, 2.24) is 9.88 Å². The number of hydrogen-bond donors (Lipinski definition) is 0. The summed E-state index contributed by atoms with van der Waals surface area (Å²) in [6.07, 6.45) is 1.67. The highest BCUT2D eigenvalue weighted by Crippen LogP contribution is 2.34. The van der Waals surface area contributed by atoms with E-state index in [9.17, 15) is 4.79 Å². The Hall–Kier alpha value is -2.66. The van der Waals surface area contributed by atoms with Crippen LogP contribution in [0.15, 0.2) is 53.1 Å². The molecule has 4 rings (SSSR count). The predicted molar refractivity (Wildman–Crippen MR) is 86.2 cm³/mol. The first-order chi connectivity index (χ1) is 11.3. The van der Waals surface area contributed by atoms with Crippen molar-refractivity contribution in [2.24, 2.45) is 0 Å². The van der Waals surface area contributed by atoms with Crippen LogP contribution < -0.4 is 0 Å². The van der Waals surface area contributed by atoms with Crippen molar-refractivity contribution < 1.29 is 13.9 Å². The molecule has 5 heteroatoms. The summed E-state index contributed by atoms with van der Waals surface area (Å²) in [7, 11) is 0. The molecule has 0 atom stereocenters. The summed E-state index contributed by atoms with van der Waals surface area (Å²) in [4.78, 5) is 18.9. The Bertz CT molecular complexity index is 836. The van der Waals surface area contributed by atoms with E-state index in [0.29, 0.717) is 37.8 Å². The number of rotatable bonds is 2. The molecule has 1 amide bonds. The number of ether oxygens (including phenoxy) is 1. The lowest BCUT2D eigenvalue weighted by atomic mass is 10.0. The minimum atomic E-state index is -0.106. The maximum Gasteiger partial charge on any atom is 0.290 e. The van der Waals surface area contributed by atoms with Gasteiger partial charge in [0.2, 0.25) is 11.5 Å². The average Bonchev–Trinajstić information content (AvgIpc) is 3.02. The summed E-state index contributed by atoms with van der Waals surface area (Å²) in [5.74, 6) is 0.247. The largest absolute Gasteiger partial charge is 0.432 e. The molecule has 0 bridgehead atoms. The molecule has 1 aliphatic heterocycles. The van der Waals surface area contributed by atoms with Crippen LogP contribution in [0.25, 0.3) is 22.2 Å². The van der Waals surface area contributed by atoms with Crippen LogP contribution in [0.2, 0.25) is 0 Å². The van der Waals surface area contributed by atoms with Crippen LogP contribution in [-0.2, 0) is 4.74 Å². The normalized spacial score (nSPS) is 15.0. The molecule has 2 aromatic heterocycles. The molecule has 3 heterocycles. The molecule has 1 aromatic carbocycles. The van der Waals surface area contributed by atoms with E-state index in [1.165, 1.54) is 0 Å². The molecule has 0 saturated carbocycles. The number of fused-ring (bicyclic) bond motifs is 1. The van der Waals surface area contributed by atoms with Crippen LogP contribution in [0.4, 0.5) is 0 Å². The molecule has 0 aliphatic carbocycles. The fourth-order valence-corrected chi connectivity index (χ4v) is 2.88. The molecule has 5 nitrogen and oxygen atoms in total. The second kappa shape index (κ2) is 5.85. The molecule has 3 aromatic rings. The van der Waals surface area contributed by atoms with Crippen molar-refractivity contribution >= 4 is 17.0 Å². The Morgan fingerprint density at radius 2 is 1.83 bits per heavy atom. The highest BCUT2D eigenvalue weighted by molar-refractivity contribution is 6.07. The van der Waals surface area contributed by atoms with Gasteiger partial charge in [0.15, 0.2) is 0 Å². The van der Waals surface area contributed by atoms with Crippen LogP contribution in [0.3, 0.4) is 0 Å². The third kappa shape index (κ3) is 2.49. The van der Waals surface area contributed by atoms with E-state index in [-0.39, 0.29) is 5.91 Å². The lowest BCUT2D eigenvalue weighted by molar-refractivity contribution is 0.0284. The number of amides is 1. The van der Waals surface area contributed by atoms with Gasteiger partial charge in [-0.2, -0.15) is 0 Å². The number of hydrogen-bond acceptors (Lipinski definition) is 4. The van der Waals surface area contributed by atoms with Gasteiger partial charge in [-0.25, -0.2) is 4.98 Å². The van der Waals surface area contributed by atoms with Crippen molar-refractivity contribution in [3.63, 3.8) is 0 Å². The van der Waals surface area contributed by atoms with Crippen molar-refractivity contribution in [2.75, 3.05) is 26.3 Å². The van der Waals surface area contributed by atoms with E-state index in [4.69, 9.17) is 9.15 Å². The summed E-state index contributed by atoms with van der Waals surface area (Å²) >= 11 is 0. The standard InChI is InChI=1S/C18H16N2O3/c21-18(20-9-11-22-12-10-20)16-15(13-5-2-1-3-6-13)14-7-4-8-19-17(14)23-16/h1-8H,9-12H2. The average molecular weight is 308 g/mol. The van der Waals surface area contributed by atoms with E-state index in [0.717, 1.165) is 16.5 Å². The van der Waals surface area contributed by atoms with Gasteiger partial charge in [-0.3, -0.25) is 4.79 Å². The van der Waals surface area contributed by atoms with Crippen molar-refractivity contribution in [3.05, 3.63) is 54.4 Å². The van der Waals surface area contributed by atoms with Crippen molar-refractivity contribution in [3.8, 4) is 11.1 Å². The van der Waals surface area contributed by atoms with Gasteiger partial charge < -0.3 is 14.1 Å². The van der Waals surface area contributed by atoms with E-state index in [1.807, 2.05) is 42.5 Å². The highest BCUT2D eigenvalue weighted by Gasteiger charge is 2.27. The zero-order valence-corrected chi connectivity index (χ0v) is 12.6. The molecule has 23 heavy (non-hydrogen) atoms. The van der Waals surface area contributed by atoms with Crippen molar-refractivity contribution in [1.29, 1.82) is 0 Å². The molecular weight excluding hydrogens is 292 g/mol. The maximum absolute atomic E-state index is 12.9. The van der Waals surface area contributed by atoms with Gasteiger partial charge in [0.25, 0.3) is 5.91 Å². The summed E-state index contributed by atoms with van der Waals surface area (Å²) < 4.78 is 11.1. The second-order valence-electron chi connectivity index (χ2n) is 5.43. The summed E-state index contributed by atoms with van der Waals surface area (Å²) in [5.41, 5.74) is 2.25. The lowest BCUT2D eigenvalue weighted by Crippen LogP contribution is -2.40. The van der Waals surface area contributed by atoms with E-state index < -0.39 is 0 Å². The monoisotopic (exact) mass is 308 g/mol.